The first-order valence-corrected chi connectivity index (χ1v) is 16.2. The molecule has 0 saturated heterocycles. The van der Waals surface area contributed by atoms with E-state index in [0.717, 1.165) is 27.9 Å². The lowest BCUT2D eigenvalue weighted by molar-refractivity contribution is 1.25. The van der Waals surface area contributed by atoms with Crippen molar-refractivity contribution < 1.29 is 0 Å². The van der Waals surface area contributed by atoms with E-state index in [1.54, 1.807) is 0 Å². The van der Waals surface area contributed by atoms with Crippen LogP contribution in [0.2, 0.25) is 0 Å². The van der Waals surface area contributed by atoms with Crippen LogP contribution in [-0.4, -0.2) is 9.38 Å². The monoisotopic (exact) mass is 550 g/mol. The van der Waals surface area contributed by atoms with Gasteiger partial charge >= 0.3 is 0 Å². The van der Waals surface area contributed by atoms with Crippen LogP contribution in [0.4, 0.5) is 0 Å². The molecule has 5 aromatic carbocycles. The average Bonchev–Trinajstić information content (AvgIpc) is 3.39. The second kappa shape index (κ2) is 9.71. The van der Waals surface area contributed by atoms with Crippen LogP contribution in [0.15, 0.2) is 128 Å². The molecule has 40 heavy (non-hydrogen) atoms. The van der Waals surface area contributed by atoms with Gasteiger partial charge in [-0.05, 0) is 75.4 Å². The molecule has 0 spiro atoms. The van der Waals surface area contributed by atoms with Crippen molar-refractivity contribution in [1.82, 2.24) is 9.38 Å². The Morgan fingerprint density at radius 2 is 1.40 bits per heavy atom. The van der Waals surface area contributed by atoms with E-state index in [2.05, 4.69) is 138 Å². The Labute approximate surface area is 238 Å². The highest BCUT2D eigenvalue weighted by atomic mass is 32.4. The van der Waals surface area contributed by atoms with Gasteiger partial charge in [-0.25, -0.2) is 4.98 Å². The van der Waals surface area contributed by atoms with E-state index in [-0.39, 0.29) is 0 Å². The Bertz CT molecular complexity index is 2170. The maximum absolute atomic E-state index is 6.79. The Balaban J connectivity index is 1.58. The first-order valence-electron chi connectivity index (χ1n) is 13.4. The third kappa shape index (κ3) is 3.70. The Hall–Kier alpha value is -4.30. The molecule has 7 rings (SSSR count). The first-order chi connectivity index (χ1) is 19.6. The lowest BCUT2D eigenvalue weighted by Crippen LogP contribution is -2.24. The Morgan fingerprint density at radius 1 is 0.700 bits per heavy atom. The van der Waals surface area contributed by atoms with Crippen molar-refractivity contribution in [2.24, 2.45) is 0 Å². The smallest absolute Gasteiger partial charge is 0.146 e. The molecule has 0 radical (unpaired) electrons. The molecule has 7 aromatic rings. The van der Waals surface area contributed by atoms with Gasteiger partial charge in [0.1, 0.15) is 5.65 Å². The maximum atomic E-state index is 6.79. The molecule has 4 heteroatoms. The molecule has 2 heterocycles. The predicted octanol–water partition coefficient (Wildman–Crippen LogP) is 8.23. The van der Waals surface area contributed by atoms with Gasteiger partial charge in [0, 0.05) is 16.8 Å². The molecule has 0 bridgehead atoms. The van der Waals surface area contributed by atoms with Crippen molar-refractivity contribution in [3.63, 3.8) is 0 Å². The summed E-state index contributed by atoms with van der Waals surface area (Å²) in [6.45, 7) is 6.08. The van der Waals surface area contributed by atoms with Crippen LogP contribution in [-0.2, 0) is 11.8 Å². The summed E-state index contributed by atoms with van der Waals surface area (Å²) in [5.41, 5.74) is 3.97. The van der Waals surface area contributed by atoms with Gasteiger partial charge in [-0.15, -0.1) is 0 Å². The van der Waals surface area contributed by atoms with Gasteiger partial charge in [0.2, 0.25) is 0 Å². The fourth-order valence-corrected chi connectivity index (χ4v) is 9.58. The van der Waals surface area contributed by atoms with Crippen molar-refractivity contribution in [1.29, 1.82) is 0 Å². The van der Waals surface area contributed by atoms with Crippen molar-refractivity contribution in [3.05, 3.63) is 139 Å². The summed E-state index contributed by atoms with van der Waals surface area (Å²) in [5.74, 6) is 0. The number of hydrogen-bond donors (Lipinski definition) is 0. The van der Waals surface area contributed by atoms with Crippen LogP contribution >= 0.6 is 6.04 Å². The molecule has 0 N–H and O–H groups in total. The highest BCUT2D eigenvalue weighted by molar-refractivity contribution is 8.25. The second-order valence-corrected chi connectivity index (χ2v) is 14.4. The van der Waals surface area contributed by atoms with Gasteiger partial charge < -0.3 is 0 Å². The minimum Gasteiger partial charge on any atom is -0.292 e. The molecular weight excluding hydrogens is 523 g/mol. The maximum Gasteiger partial charge on any atom is 0.146 e. The van der Waals surface area contributed by atoms with Gasteiger partial charge in [-0.1, -0.05) is 115 Å². The topological polar surface area (TPSA) is 17.3 Å². The van der Waals surface area contributed by atoms with Crippen molar-refractivity contribution >= 4 is 84.0 Å². The minimum absolute atomic E-state index is 0.880. The molecule has 1 unspecified atom stereocenters. The quantitative estimate of drug-likeness (QED) is 0.159. The number of pyridine rings is 1. The van der Waals surface area contributed by atoms with Crippen LogP contribution in [0.3, 0.4) is 0 Å². The number of benzene rings is 5. The zero-order chi connectivity index (χ0) is 27.3. The lowest BCUT2D eigenvalue weighted by atomic mass is 10.1. The van der Waals surface area contributed by atoms with Crippen LogP contribution in [0.5, 0.6) is 0 Å². The number of nitrogens with zero attached hydrogens (tertiary/aromatic N) is 2. The SMILES string of the molecule is C=Cc1nc2c3ccc(P(=S)(c4ccccc4)c4ccc5ccccc5c4)cc3c3ccccc3n2c1/C=C\C. The summed E-state index contributed by atoms with van der Waals surface area (Å²) in [6, 6.07) is 38.9. The van der Waals surface area contributed by atoms with Gasteiger partial charge in [-0.2, -0.15) is 0 Å². The molecule has 0 amide bonds. The number of imidazole rings is 1. The van der Waals surface area contributed by atoms with Crippen molar-refractivity contribution in [2.75, 3.05) is 0 Å². The molecule has 0 aliphatic carbocycles. The van der Waals surface area contributed by atoms with E-state index < -0.39 is 6.04 Å². The van der Waals surface area contributed by atoms with Gasteiger partial charge in [0.05, 0.1) is 16.9 Å². The van der Waals surface area contributed by atoms with E-state index in [0.29, 0.717) is 0 Å². The number of fused-ring (bicyclic) bond motifs is 7. The lowest BCUT2D eigenvalue weighted by Gasteiger charge is -2.25. The highest BCUT2D eigenvalue weighted by Crippen LogP contribution is 2.45. The summed E-state index contributed by atoms with van der Waals surface area (Å²) in [5, 5.41) is 9.45. The zero-order valence-electron chi connectivity index (χ0n) is 22.2. The van der Waals surface area contributed by atoms with Crippen LogP contribution < -0.4 is 15.9 Å². The van der Waals surface area contributed by atoms with Crippen LogP contribution in [0.25, 0.3) is 50.2 Å². The summed E-state index contributed by atoms with van der Waals surface area (Å²) < 4.78 is 2.25. The zero-order valence-corrected chi connectivity index (χ0v) is 23.9. The van der Waals surface area contributed by atoms with E-state index in [1.165, 1.54) is 37.5 Å². The highest BCUT2D eigenvalue weighted by Gasteiger charge is 2.26. The number of para-hydroxylation sites is 1. The third-order valence-corrected chi connectivity index (χ3v) is 12.7. The molecule has 1 atom stereocenters. The van der Waals surface area contributed by atoms with E-state index in [4.69, 9.17) is 16.8 Å². The normalized spacial score (nSPS) is 13.4. The number of allylic oxidation sites excluding steroid dienone is 1. The average molecular weight is 551 g/mol. The van der Waals surface area contributed by atoms with Gasteiger partial charge in [0.25, 0.3) is 0 Å². The molecular formula is C36H27N2PS. The fraction of sp³-hybridized carbons (Fsp3) is 0.0278. The number of rotatable bonds is 5. The van der Waals surface area contributed by atoms with E-state index in [1.807, 2.05) is 13.0 Å². The molecule has 0 saturated carbocycles. The van der Waals surface area contributed by atoms with Crippen LogP contribution in [0, 0.1) is 0 Å². The van der Waals surface area contributed by atoms with E-state index in [9.17, 15) is 0 Å². The summed E-state index contributed by atoms with van der Waals surface area (Å²) in [7, 11) is 0. The molecule has 2 aromatic heterocycles. The third-order valence-electron chi connectivity index (χ3n) is 7.72. The minimum atomic E-state index is -2.37. The Morgan fingerprint density at radius 3 is 2.20 bits per heavy atom. The Kier molecular flexibility index (Phi) is 6.00. The first kappa shape index (κ1) is 24.7. The van der Waals surface area contributed by atoms with Crippen LogP contribution in [0.1, 0.15) is 18.3 Å². The van der Waals surface area contributed by atoms with Crippen molar-refractivity contribution in [3.8, 4) is 0 Å². The second-order valence-electron chi connectivity index (χ2n) is 9.97. The molecule has 0 aliphatic rings. The number of hydrogen-bond acceptors (Lipinski definition) is 2. The van der Waals surface area contributed by atoms with Gasteiger partial charge in [-0.3, -0.25) is 4.40 Å². The molecule has 2 nitrogen and oxygen atoms in total. The molecule has 0 aliphatic heterocycles. The van der Waals surface area contributed by atoms with Gasteiger partial charge in [0.15, 0.2) is 0 Å². The molecule has 0 fully saturated rings. The largest absolute Gasteiger partial charge is 0.292 e. The summed E-state index contributed by atoms with van der Waals surface area (Å²) in [4.78, 5) is 5.05. The van der Waals surface area contributed by atoms with E-state index >= 15 is 0 Å². The summed E-state index contributed by atoms with van der Waals surface area (Å²) in [6.07, 6.45) is 6.00. The predicted molar refractivity (Wildman–Crippen MR) is 179 cm³/mol. The standard InChI is InChI=1S/C36H27N2PS/c1-3-12-35-33(4-2)37-36-31-22-21-29(24-32(31)30-17-10-11-18-34(30)38(35)36)39(40,27-15-6-5-7-16-27)28-20-19-25-13-8-9-14-26(25)23-28/h3-24H,2H2,1H3/b12-3-. The number of aromatic nitrogens is 2. The van der Waals surface area contributed by atoms with Crippen molar-refractivity contribution in [2.45, 2.75) is 6.92 Å². The summed E-state index contributed by atoms with van der Waals surface area (Å²) >= 11 is 6.79. The molecule has 192 valence electrons. The fourth-order valence-electron chi connectivity index (χ4n) is 5.84.